The van der Waals surface area contributed by atoms with Gasteiger partial charge in [0.1, 0.15) is 11.2 Å². The van der Waals surface area contributed by atoms with Gasteiger partial charge < -0.3 is 13.9 Å². The minimum absolute atomic E-state index is 0.535. The second kappa shape index (κ2) is 15.1. The maximum atomic E-state index is 6.81. The van der Waals surface area contributed by atoms with Crippen LogP contribution in [-0.4, -0.2) is 4.57 Å². The molecule has 14 rings (SSSR count). The molecule has 0 radical (unpaired) electrons. The second-order valence-corrected chi connectivity index (χ2v) is 17.9. The SMILES string of the molecule is c1ccc(-c2c3c(cc4c2c2ccc(N(c5ccccc5)c5cccc6c5-c5ccccc5C6(c5ccccc5)c5ccccc5)cc2n4-c2cccc4ccccc24)oc2ccccc23)cc1. The Balaban J connectivity index is 1.11. The molecule has 2 heterocycles. The average Bonchev–Trinajstić information content (AvgIpc) is 4.05. The summed E-state index contributed by atoms with van der Waals surface area (Å²) in [7, 11) is 0. The zero-order valence-corrected chi connectivity index (χ0v) is 37.1. The quantitative estimate of drug-likeness (QED) is 0.159. The third-order valence-electron chi connectivity index (χ3n) is 14.4. The van der Waals surface area contributed by atoms with Crippen molar-refractivity contribution < 1.29 is 4.42 Å². The van der Waals surface area contributed by atoms with E-state index in [2.05, 4.69) is 264 Å². The van der Waals surface area contributed by atoms with Crippen LogP contribution in [0.5, 0.6) is 0 Å². The van der Waals surface area contributed by atoms with Gasteiger partial charge in [0, 0.05) is 55.5 Å². The van der Waals surface area contributed by atoms with Crippen molar-refractivity contribution in [1.82, 2.24) is 4.57 Å². The Kier molecular flexibility index (Phi) is 8.50. The number of rotatable bonds is 7. The zero-order valence-electron chi connectivity index (χ0n) is 37.1. The number of para-hydroxylation sites is 2. The Morgan fingerprint density at radius 3 is 1.78 bits per heavy atom. The van der Waals surface area contributed by atoms with Crippen LogP contribution in [-0.2, 0) is 5.41 Å². The summed E-state index contributed by atoms with van der Waals surface area (Å²) in [6.07, 6.45) is 0. The Labute approximate surface area is 394 Å². The van der Waals surface area contributed by atoms with Crippen LogP contribution in [0.2, 0.25) is 0 Å². The van der Waals surface area contributed by atoms with Crippen molar-refractivity contribution in [3.8, 4) is 27.9 Å². The number of furan rings is 1. The number of fused-ring (bicyclic) bond motifs is 10. The van der Waals surface area contributed by atoms with Crippen molar-refractivity contribution in [2.45, 2.75) is 5.41 Å². The first-order valence-corrected chi connectivity index (χ1v) is 23.4. The van der Waals surface area contributed by atoms with E-state index in [0.717, 1.165) is 61.3 Å². The average molecular weight is 867 g/mol. The first-order chi connectivity index (χ1) is 33.8. The maximum Gasteiger partial charge on any atom is 0.138 e. The fraction of sp³-hybridized carbons (Fsp3) is 0.0154. The first-order valence-electron chi connectivity index (χ1n) is 23.4. The minimum atomic E-state index is -0.535. The van der Waals surface area contributed by atoms with Crippen LogP contribution < -0.4 is 4.90 Å². The highest BCUT2D eigenvalue weighted by molar-refractivity contribution is 6.27. The molecular weight excluding hydrogens is 825 g/mol. The van der Waals surface area contributed by atoms with Crippen LogP contribution in [0.15, 0.2) is 259 Å². The maximum absolute atomic E-state index is 6.81. The molecule has 3 heteroatoms. The molecule has 0 unspecified atom stereocenters. The summed E-state index contributed by atoms with van der Waals surface area (Å²) in [5.41, 5.74) is 17.6. The smallest absolute Gasteiger partial charge is 0.138 e. The van der Waals surface area contributed by atoms with E-state index in [1.165, 1.54) is 60.5 Å². The standard InChI is InChI=1S/C65H42N2O/c1-5-22-44(23-6-1)61-63-51-40-39-48(41-57(51)67(55-36-19-24-43-21-13-14-31-49(43)55)58(63)42-60-64(61)52-33-16-18-38-59(52)68-60)66(47-29-11-4-12-30-47)56-37-20-35-54-62(56)50-32-15-17-34-53(50)65(54,45-25-7-2-8-26-45)46-27-9-3-10-28-46/h1-42H. The summed E-state index contributed by atoms with van der Waals surface area (Å²) in [4.78, 5) is 2.48. The molecule has 0 N–H and O–H groups in total. The van der Waals surface area contributed by atoms with E-state index in [9.17, 15) is 0 Å². The molecule has 0 spiro atoms. The molecular formula is C65H42N2O. The van der Waals surface area contributed by atoms with Gasteiger partial charge in [-0.3, -0.25) is 0 Å². The second-order valence-electron chi connectivity index (χ2n) is 17.9. The van der Waals surface area contributed by atoms with E-state index < -0.39 is 5.41 Å². The van der Waals surface area contributed by atoms with Crippen LogP contribution in [0.25, 0.3) is 82.5 Å². The van der Waals surface area contributed by atoms with Gasteiger partial charge in [-0.05, 0) is 81.2 Å². The van der Waals surface area contributed by atoms with E-state index >= 15 is 0 Å². The van der Waals surface area contributed by atoms with Crippen LogP contribution in [0.1, 0.15) is 22.3 Å². The third-order valence-corrected chi connectivity index (χ3v) is 14.4. The monoisotopic (exact) mass is 866 g/mol. The molecule has 0 saturated carbocycles. The van der Waals surface area contributed by atoms with Gasteiger partial charge in [-0.25, -0.2) is 0 Å². The predicted molar refractivity (Wildman–Crippen MR) is 283 cm³/mol. The number of anilines is 3. The van der Waals surface area contributed by atoms with Gasteiger partial charge in [-0.1, -0.05) is 206 Å². The van der Waals surface area contributed by atoms with Gasteiger partial charge in [-0.2, -0.15) is 0 Å². The van der Waals surface area contributed by atoms with Gasteiger partial charge >= 0.3 is 0 Å². The number of aromatic nitrogens is 1. The fourth-order valence-electron chi connectivity index (χ4n) is 11.7. The zero-order chi connectivity index (χ0) is 44.8. The van der Waals surface area contributed by atoms with Crippen molar-refractivity contribution in [2.75, 3.05) is 4.90 Å². The predicted octanol–water partition coefficient (Wildman–Crippen LogP) is 17.3. The number of nitrogens with zero attached hydrogens (tertiary/aromatic N) is 2. The summed E-state index contributed by atoms with van der Waals surface area (Å²) in [5.74, 6) is 0. The van der Waals surface area contributed by atoms with Gasteiger partial charge in [0.25, 0.3) is 0 Å². The van der Waals surface area contributed by atoms with Crippen molar-refractivity contribution in [3.63, 3.8) is 0 Å². The lowest BCUT2D eigenvalue weighted by molar-refractivity contribution is 0.669. The highest BCUT2D eigenvalue weighted by Crippen LogP contribution is 2.60. The summed E-state index contributed by atoms with van der Waals surface area (Å²) < 4.78 is 9.29. The van der Waals surface area contributed by atoms with E-state index in [1.807, 2.05) is 0 Å². The first kappa shape index (κ1) is 38.4. The Morgan fingerprint density at radius 1 is 0.382 bits per heavy atom. The highest BCUT2D eigenvalue weighted by Gasteiger charge is 2.47. The van der Waals surface area contributed by atoms with Crippen molar-refractivity contribution in [2.24, 2.45) is 0 Å². The Morgan fingerprint density at radius 2 is 1.00 bits per heavy atom. The molecule has 0 aliphatic heterocycles. The van der Waals surface area contributed by atoms with Gasteiger partial charge in [0.2, 0.25) is 0 Å². The molecule has 0 atom stereocenters. The summed E-state index contributed by atoms with van der Waals surface area (Å²) in [6, 6.07) is 93.0. The van der Waals surface area contributed by atoms with Gasteiger partial charge in [0.05, 0.1) is 27.8 Å². The summed E-state index contributed by atoms with van der Waals surface area (Å²) in [5, 5.41) is 6.98. The number of hydrogen-bond donors (Lipinski definition) is 0. The lowest BCUT2D eigenvalue weighted by Gasteiger charge is -2.34. The molecule has 13 aromatic rings. The fourth-order valence-corrected chi connectivity index (χ4v) is 11.7. The van der Waals surface area contributed by atoms with E-state index in [1.54, 1.807) is 0 Å². The molecule has 2 aromatic heterocycles. The van der Waals surface area contributed by atoms with Crippen molar-refractivity contribution in [1.29, 1.82) is 0 Å². The molecule has 1 aliphatic rings. The van der Waals surface area contributed by atoms with E-state index in [4.69, 9.17) is 4.42 Å². The highest BCUT2D eigenvalue weighted by atomic mass is 16.3. The largest absolute Gasteiger partial charge is 0.456 e. The molecule has 3 nitrogen and oxygen atoms in total. The van der Waals surface area contributed by atoms with Crippen molar-refractivity contribution in [3.05, 3.63) is 277 Å². The molecule has 0 amide bonds. The van der Waals surface area contributed by atoms with Gasteiger partial charge in [-0.15, -0.1) is 0 Å². The number of benzene rings is 11. The van der Waals surface area contributed by atoms with Crippen LogP contribution in [0.4, 0.5) is 17.1 Å². The molecule has 11 aromatic carbocycles. The minimum Gasteiger partial charge on any atom is -0.456 e. The van der Waals surface area contributed by atoms with E-state index in [0.29, 0.717) is 0 Å². The third kappa shape index (κ3) is 5.47. The normalized spacial score (nSPS) is 12.8. The van der Waals surface area contributed by atoms with Gasteiger partial charge in [0.15, 0.2) is 0 Å². The lowest BCUT2D eigenvalue weighted by Crippen LogP contribution is -2.28. The molecule has 0 saturated heterocycles. The summed E-state index contributed by atoms with van der Waals surface area (Å²) in [6.45, 7) is 0. The molecule has 0 bridgehead atoms. The molecule has 68 heavy (non-hydrogen) atoms. The van der Waals surface area contributed by atoms with Crippen LogP contribution >= 0.6 is 0 Å². The van der Waals surface area contributed by atoms with E-state index in [-0.39, 0.29) is 0 Å². The van der Waals surface area contributed by atoms with Crippen molar-refractivity contribution >= 4 is 71.6 Å². The van der Waals surface area contributed by atoms with Crippen LogP contribution in [0.3, 0.4) is 0 Å². The Hall–Kier alpha value is -8.92. The molecule has 318 valence electrons. The lowest BCUT2D eigenvalue weighted by atomic mass is 9.68. The van der Waals surface area contributed by atoms with Crippen LogP contribution in [0, 0.1) is 0 Å². The number of hydrogen-bond acceptors (Lipinski definition) is 2. The molecule has 0 fully saturated rings. The topological polar surface area (TPSA) is 21.3 Å². The molecule has 1 aliphatic carbocycles. The Bertz CT molecular complexity index is 4030. The summed E-state index contributed by atoms with van der Waals surface area (Å²) >= 11 is 0.